The molecule has 0 saturated carbocycles. The van der Waals surface area contributed by atoms with Crippen LogP contribution in [0.1, 0.15) is 17.0 Å². The van der Waals surface area contributed by atoms with E-state index in [-0.39, 0.29) is 0 Å². The van der Waals surface area contributed by atoms with Crippen LogP contribution >= 0.6 is 0 Å². The fourth-order valence-electron chi connectivity index (χ4n) is 1.60. The van der Waals surface area contributed by atoms with E-state index in [1.807, 2.05) is 13.8 Å². The Balaban J connectivity index is 2.76. The highest BCUT2D eigenvalue weighted by Gasteiger charge is 2.17. The van der Waals surface area contributed by atoms with Gasteiger partial charge in [-0.05, 0) is 19.9 Å². The van der Waals surface area contributed by atoms with E-state index < -0.39 is 24.5 Å². The summed E-state index contributed by atoms with van der Waals surface area (Å²) in [5, 5.41) is 23.8. The highest BCUT2D eigenvalue weighted by molar-refractivity contribution is 5.94. The van der Waals surface area contributed by atoms with Gasteiger partial charge in [-0.15, -0.1) is 0 Å². The summed E-state index contributed by atoms with van der Waals surface area (Å²) >= 11 is 0. The quantitative estimate of drug-likeness (QED) is 0.630. The fourth-order valence-corrected chi connectivity index (χ4v) is 1.60. The van der Waals surface area contributed by atoms with Crippen molar-refractivity contribution < 1.29 is 19.8 Å². The van der Waals surface area contributed by atoms with E-state index in [4.69, 9.17) is 10.2 Å². The number of aromatic nitrogens is 2. The topological polar surface area (TPSA) is 104 Å². The van der Waals surface area contributed by atoms with Gasteiger partial charge >= 0.3 is 5.97 Å². The number of aliphatic hydroxyl groups excluding tert-OH is 1. The van der Waals surface area contributed by atoms with Crippen LogP contribution in [-0.4, -0.2) is 44.5 Å². The van der Waals surface area contributed by atoms with Gasteiger partial charge in [-0.2, -0.15) is 5.10 Å². The molecular formula is C12H17N3O4. The van der Waals surface area contributed by atoms with E-state index >= 15 is 0 Å². The molecule has 0 spiro atoms. The number of rotatable bonds is 5. The number of amides is 1. The Labute approximate surface area is 110 Å². The molecule has 1 aromatic rings. The molecule has 0 aliphatic heterocycles. The average Bonchev–Trinajstić information content (AvgIpc) is 2.58. The summed E-state index contributed by atoms with van der Waals surface area (Å²) in [6.07, 6.45) is 2.80. The summed E-state index contributed by atoms with van der Waals surface area (Å²) in [5.74, 6) is -1.86. The molecule has 19 heavy (non-hydrogen) atoms. The molecule has 0 saturated heterocycles. The molecule has 3 N–H and O–H groups in total. The SMILES string of the molecule is Cc1nn(C)c(C)c1/C=C/C(=O)N[C@H](CO)C(=O)O. The lowest BCUT2D eigenvalue weighted by molar-refractivity contribution is -0.142. The average molecular weight is 267 g/mol. The van der Waals surface area contributed by atoms with E-state index in [0.717, 1.165) is 17.0 Å². The Bertz CT molecular complexity index is 519. The molecule has 1 heterocycles. The van der Waals surface area contributed by atoms with E-state index in [0.29, 0.717) is 0 Å². The Kier molecular flexibility index (Phi) is 4.82. The van der Waals surface area contributed by atoms with E-state index in [2.05, 4.69) is 10.4 Å². The lowest BCUT2D eigenvalue weighted by Gasteiger charge is -2.09. The van der Waals surface area contributed by atoms with Crippen LogP contribution in [0.5, 0.6) is 0 Å². The summed E-state index contributed by atoms with van der Waals surface area (Å²) in [7, 11) is 1.80. The molecule has 104 valence electrons. The predicted octanol–water partition coefficient (Wildman–Crippen LogP) is -0.388. The zero-order valence-corrected chi connectivity index (χ0v) is 11.0. The van der Waals surface area contributed by atoms with Crippen molar-refractivity contribution in [3.8, 4) is 0 Å². The van der Waals surface area contributed by atoms with Crippen LogP contribution in [0.3, 0.4) is 0 Å². The standard InChI is InChI=1S/C12H17N3O4/c1-7-9(8(2)15(3)14-7)4-5-11(17)13-10(6-16)12(18)19/h4-5,10,16H,6H2,1-3H3,(H,13,17)(H,18,19)/b5-4+/t10-/m1/s1. The first-order valence-electron chi connectivity index (χ1n) is 5.69. The number of hydrogen-bond acceptors (Lipinski definition) is 4. The Morgan fingerprint density at radius 1 is 1.47 bits per heavy atom. The number of carboxylic acid groups (broad SMARTS) is 1. The van der Waals surface area contributed by atoms with Gasteiger partial charge in [-0.25, -0.2) is 4.79 Å². The first kappa shape index (κ1) is 14.9. The van der Waals surface area contributed by atoms with Crippen LogP contribution in [0.4, 0.5) is 0 Å². The number of carboxylic acids is 1. The van der Waals surface area contributed by atoms with Gasteiger partial charge in [-0.3, -0.25) is 9.48 Å². The van der Waals surface area contributed by atoms with Gasteiger partial charge in [0.1, 0.15) is 0 Å². The summed E-state index contributed by atoms with van der Waals surface area (Å²) in [4.78, 5) is 22.2. The number of aryl methyl sites for hydroxylation is 2. The zero-order valence-electron chi connectivity index (χ0n) is 11.0. The third kappa shape index (κ3) is 3.65. The summed E-state index contributed by atoms with van der Waals surface area (Å²) < 4.78 is 1.70. The molecule has 7 heteroatoms. The molecule has 0 fully saturated rings. The van der Waals surface area contributed by atoms with Gasteiger partial charge in [-0.1, -0.05) is 0 Å². The third-order valence-corrected chi connectivity index (χ3v) is 2.76. The lowest BCUT2D eigenvalue weighted by atomic mass is 10.2. The smallest absolute Gasteiger partial charge is 0.328 e. The molecule has 0 aliphatic rings. The number of hydrogen-bond donors (Lipinski definition) is 3. The van der Waals surface area contributed by atoms with Crippen molar-refractivity contribution in [1.82, 2.24) is 15.1 Å². The number of carbonyl (C=O) groups is 2. The van der Waals surface area contributed by atoms with E-state index in [1.165, 1.54) is 6.08 Å². The van der Waals surface area contributed by atoms with Gasteiger partial charge in [0.15, 0.2) is 6.04 Å². The summed E-state index contributed by atoms with van der Waals surface area (Å²) in [5.41, 5.74) is 2.49. The van der Waals surface area contributed by atoms with Crippen LogP contribution in [0, 0.1) is 13.8 Å². The first-order chi connectivity index (χ1) is 8.86. The van der Waals surface area contributed by atoms with Crippen molar-refractivity contribution >= 4 is 18.0 Å². The van der Waals surface area contributed by atoms with Gasteiger partial charge in [0.25, 0.3) is 0 Å². The monoisotopic (exact) mass is 267 g/mol. The lowest BCUT2D eigenvalue weighted by Crippen LogP contribution is -2.42. The van der Waals surface area contributed by atoms with Crippen molar-refractivity contribution in [2.45, 2.75) is 19.9 Å². The second-order valence-corrected chi connectivity index (χ2v) is 4.12. The third-order valence-electron chi connectivity index (χ3n) is 2.76. The van der Waals surface area contributed by atoms with Gasteiger partial charge in [0, 0.05) is 24.4 Å². The minimum absolute atomic E-state index is 0.580. The van der Waals surface area contributed by atoms with Crippen LogP contribution < -0.4 is 5.32 Å². The molecule has 1 aromatic heterocycles. The van der Waals surface area contributed by atoms with Crippen molar-refractivity contribution in [3.63, 3.8) is 0 Å². The Morgan fingerprint density at radius 3 is 2.53 bits per heavy atom. The van der Waals surface area contributed by atoms with Crippen molar-refractivity contribution in [2.75, 3.05) is 6.61 Å². The highest BCUT2D eigenvalue weighted by atomic mass is 16.4. The van der Waals surface area contributed by atoms with Crippen molar-refractivity contribution in [3.05, 3.63) is 23.0 Å². The maximum atomic E-state index is 11.5. The van der Waals surface area contributed by atoms with Gasteiger partial charge in [0.05, 0.1) is 12.3 Å². The van der Waals surface area contributed by atoms with E-state index in [1.54, 1.807) is 17.8 Å². The number of nitrogens with zero attached hydrogens (tertiary/aromatic N) is 2. The molecule has 7 nitrogen and oxygen atoms in total. The normalized spacial score (nSPS) is 12.6. The first-order valence-corrected chi connectivity index (χ1v) is 5.69. The summed E-state index contributed by atoms with van der Waals surface area (Å²) in [6.45, 7) is 3.03. The molecular weight excluding hydrogens is 250 g/mol. The maximum Gasteiger partial charge on any atom is 0.328 e. The van der Waals surface area contributed by atoms with Gasteiger partial charge in [0.2, 0.25) is 5.91 Å². The minimum atomic E-state index is -1.30. The molecule has 1 rings (SSSR count). The number of nitrogens with one attached hydrogen (secondary N) is 1. The van der Waals surface area contributed by atoms with Crippen molar-refractivity contribution in [2.24, 2.45) is 7.05 Å². The van der Waals surface area contributed by atoms with Gasteiger partial charge < -0.3 is 15.5 Å². The molecule has 0 unspecified atom stereocenters. The van der Waals surface area contributed by atoms with Crippen LogP contribution in [-0.2, 0) is 16.6 Å². The molecule has 0 radical (unpaired) electrons. The fraction of sp³-hybridized carbons (Fsp3) is 0.417. The molecule has 0 aromatic carbocycles. The largest absolute Gasteiger partial charge is 0.480 e. The number of carbonyl (C=O) groups excluding carboxylic acids is 1. The molecule has 1 atom stereocenters. The molecule has 0 aliphatic carbocycles. The van der Waals surface area contributed by atoms with E-state index in [9.17, 15) is 9.59 Å². The second-order valence-electron chi connectivity index (χ2n) is 4.12. The Morgan fingerprint density at radius 2 is 2.11 bits per heavy atom. The molecule has 1 amide bonds. The van der Waals surface area contributed by atoms with Crippen molar-refractivity contribution in [1.29, 1.82) is 0 Å². The molecule has 0 bridgehead atoms. The minimum Gasteiger partial charge on any atom is -0.480 e. The second kappa shape index (κ2) is 6.14. The Hall–Kier alpha value is -2.15. The number of aliphatic hydroxyl groups is 1. The van der Waals surface area contributed by atoms with Crippen LogP contribution in [0.2, 0.25) is 0 Å². The highest BCUT2D eigenvalue weighted by Crippen LogP contribution is 2.13. The predicted molar refractivity (Wildman–Crippen MR) is 68.4 cm³/mol. The number of aliphatic carboxylic acids is 1. The van der Waals surface area contributed by atoms with Crippen LogP contribution in [0.25, 0.3) is 6.08 Å². The maximum absolute atomic E-state index is 11.5. The summed E-state index contributed by atoms with van der Waals surface area (Å²) in [6, 6.07) is -1.30. The van der Waals surface area contributed by atoms with Crippen LogP contribution in [0.15, 0.2) is 6.08 Å². The zero-order chi connectivity index (χ0) is 14.6.